The lowest BCUT2D eigenvalue weighted by atomic mass is 10.1. The molecule has 1 aromatic heterocycles. The second-order valence-corrected chi connectivity index (χ2v) is 5.25. The van der Waals surface area contributed by atoms with E-state index in [1.807, 2.05) is 0 Å². The summed E-state index contributed by atoms with van der Waals surface area (Å²) >= 11 is 1.14. The molecule has 21 heavy (non-hydrogen) atoms. The summed E-state index contributed by atoms with van der Waals surface area (Å²) in [5, 5.41) is -0.172. The smallest absolute Gasteiger partial charge is 0.344 e. The van der Waals surface area contributed by atoms with Crippen LogP contribution in [0.3, 0.4) is 0 Å². The number of rotatable bonds is 2. The zero-order valence-corrected chi connectivity index (χ0v) is 11.5. The predicted molar refractivity (Wildman–Crippen MR) is 69.9 cm³/mol. The summed E-state index contributed by atoms with van der Waals surface area (Å²) in [5.74, 6) is -5.16. The predicted octanol–water partition coefficient (Wildman–Crippen LogP) is 2.66. The summed E-state index contributed by atoms with van der Waals surface area (Å²) in [4.78, 5) is 24.1. The minimum atomic E-state index is -1.64. The third-order valence-corrected chi connectivity index (χ3v) is 4.23. The van der Waals surface area contributed by atoms with Crippen molar-refractivity contribution in [2.45, 2.75) is 17.8 Å². The van der Waals surface area contributed by atoms with Crippen LogP contribution in [-0.4, -0.2) is 17.1 Å². The van der Waals surface area contributed by atoms with Crippen LogP contribution >= 0.6 is 11.8 Å². The van der Waals surface area contributed by atoms with E-state index in [1.54, 1.807) is 6.92 Å². The standard InChI is InChI=1S/C13H8F3NO3S/c1-2-20-13(19)7-11(18)5-3-6(14)8(15)9(16)10(5)17-4-21-12(7)17/h3H,2,4H2,1H3. The number of hydrogen-bond donors (Lipinski definition) is 0. The van der Waals surface area contributed by atoms with Crippen molar-refractivity contribution in [3.8, 4) is 0 Å². The van der Waals surface area contributed by atoms with E-state index < -0.39 is 28.8 Å². The van der Waals surface area contributed by atoms with Gasteiger partial charge in [0.05, 0.1) is 28.4 Å². The molecule has 0 fully saturated rings. The van der Waals surface area contributed by atoms with Gasteiger partial charge in [0, 0.05) is 0 Å². The Bertz CT molecular complexity index is 847. The number of aromatic nitrogens is 1. The molecule has 0 atom stereocenters. The van der Waals surface area contributed by atoms with E-state index in [0.717, 1.165) is 11.8 Å². The summed E-state index contributed by atoms with van der Waals surface area (Å²) < 4.78 is 46.6. The molecular weight excluding hydrogens is 307 g/mol. The van der Waals surface area contributed by atoms with Gasteiger partial charge in [0.25, 0.3) is 0 Å². The molecule has 0 bridgehead atoms. The van der Waals surface area contributed by atoms with Crippen molar-refractivity contribution in [3.05, 3.63) is 39.3 Å². The molecule has 0 radical (unpaired) electrons. The molecule has 0 N–H and O–H groups in total. The van der Waals surface area contributed by atoms with Crippen molar-refractivity contribution in [2.75, 3.05) is 6.61 Å². The van der Waals surface area contributed by atoms with Crippen LogP contribution in [0.5, 0.6) is 0 Å². The van der Waals surface area contributed by atoms with Gasteiger partial charge in [0.15, 0.2) is 17.5 Å². The SMILES string of the molecule is CCOC(=O)c1c2n(c3c(F)c(F)c(F)cc3c1=O)CS2. The van der Waals surface area contributed by atoms with Crippen LogP contribution in [0.4, 0.5) is 13.2 Å². The van der Waals surface area contributed by atoms with Crippen molar-refractivity contribution in [1.82, 2.24) is 4.57 Å². The van der Waals surface area contributed by atoms with Gasteiger partial charge in [-0.05, 0) is 13.0 Å². The lowest BCUT2D eigenvalue weighted by Crippen LogP contribution is -2.28. The first-order valence-corrected chi connectivity index (χ1v) is 6.99. The first-order valence-electron chi connectivity index (χ1n) is 6.01. The second-order valence-electron chi connectivity index (χ2n) is 4.31. The van der Waals surface area contributed by atoms with Crippen molar-refractivity contribution >= 4 is 28.6 Å². The van der Waals surface area contributed by atoms with Crippen LogP contribution in [0.1, 0.15) is 17.3 Å². The van der Waals surface area contributed by atoms with Crippen LogP contribution in [0.25, 0.3) is 10.9 Å². The summed E-state index contributed by atoms with van der Waals surface area (Å²) in [7, 11) is 0. The van der Waals surface area contributed by atoms with Gasteiger partial charge in [-0.3, -0.25) is 4.79 Å². The fraction of sp³-hybridized carbons (Fsp3) is 0.231. The van der Waals surface area contributed by atoms with Crippen molar-refractivity contribution in [2.24, 2.45) is 0 Å². The van der Waals surface area contributed by atoms with E-state index in [-0.39, 0.29) is 34.0 Å². The fourth-order valence-electron chi connectivity index (χ4n) is 2.20. The summed E-state index contributed by atoms with van der Waals surface area (Å²) in [6, 6.07) is 0.606. The molecule has 2 aromatic rings. The van der Waals surface area contributed by atoms with Gasteiger partial charge in [0.1, 0.15) is 5.56 Å². The zero-order valence-electron chi connectivity index (χ0n) is 10.7. The molecule has 0 unspecified atom stereocenters. The van der Waals surface area contributed by atoms with Gasteiger partial charge < -0.3 is 9.30 Å². The summed E-state index contributed by atoms with van der Waals surface area (Å²) in [6.45, 7) is 1.64. The van der Waals surface area contributed by atoms with E-state index in [1.165, 1.54) is 4.57 Å². The first-order chi connectivity index (χ1) is 9.97. The normalized spacial score (nSPS) is 13.0. The maximum Gasteiger partial charge on any atom is 0.344 e. The molecule has 3 rings (SSSR count). The van der Waals surface area contributed by atoms with E-state index in [2.05, 4.69) is 0 Å². The highest BCUT2D eigenvalue weighted by Gasteiger charge is 2.31. The average molecular weight is 315 g/mol. The summed E-state index contributed by atoms with van der Waals surface area (Å²) in [6.07, 6.45) is 0. The lowest BCUT2D eigenvalue weighted by Gasteiger charge is -2.26. The largest absolute Gasteiger partial charge is 0.462 e. The monoisotopic (exact) mass is 315 g/mol. The van der Waals surface area contributed by atoms with E-state index in [4.69, 9.17) is 4.74 Å². The third-order valence-electron chi connectivity index (χ3n) is 3.15. The van der Waals surface area contributed by atoms with Gasteiger partial charge in [-0.2, -0.15) is 0 Å². The Morgan fingerprint density at radius 3 is 2.67 bits per heavy atom. The van der Waals surface area contributed by atoms with Crippen LogP contribution in [0.15, 0.2) is 15.9 Å². The average Bonchev–Trinajstić information content (AvgIpc) is 2.41. The number of carbonyl (C=O) groups is 1. The Kier molecular flexibility index (Phi) is 3.20. The highest BCUT2D eigenvalue weighted by molar-refractivity contribution is 7.99. The number of hydrogen-bond acceptors (Lipinski definition) is 4. The molecule has 0 spiro atoms. The third kappa shape index (κ3) is 1.85. The van der Waals surface area contributed by atoms with Crippen molar-refractivity contribution in [3.63, 3.8) is 0 Å². The van der Waals surface area contributed by atoms with Crippen molar-refractivity contribution in [1.29, 1.82) is 0 Å². The number of benzene rings is 1. The number of pyridine rings is 1. The molecule has 1 aliphatic rings. The van der Waals surface area contributed by atoms with Crippen LogP contribution in [0, 0.1) is 17.5 Å². The molecule has 0 amide bonds. The minimum Gasteiger partial charge on any atom is -0.462 e. The molecular formula is C13H8F3NO3S. The minimum absolute atomic E-state index is 0.0621. The Labute approximate surface area is 120 Å². The number of carbonyl (C=O) groups excluding carboxylic acids is 1. The zero-order chi connectivity index (χ0) is 15.3. The molecule has 1 aromatic carbocycles. The van der Waals surface area contributed by atoms with Crippen LogP contribution in [0.2, 0.25) is 0 Å². The van der Waals surface area contributed by atoms with Crippen molar-refractivity contribution < 1.29 is 22.7 Å². The molecule has 1 aliphatic heterocycles. The molecule has 8 heteroatoms. The highest BCUT2D eigenvalue weighted by Crippen LogP contribution is 2.38. The highest BCUT2D eigenvalue weighted by atomic mass is 32.2. The van der Waals surface area contributed by atoms with Gasteiger partial charge in [-0.1, -0.05) is 11.8 Å². The van der Waals surface area contributed by atoms with Gasteiger partial charge in [0.2, 0.25) is 5.43 Å². The number of esters is 1. The molecule has 4 nitrogen and oxygen atoms in total. The Morgan fingerprint density at radius 1 is 1.38 bits per heavy atom. The molecule has 2 heterocycles. The number of thioether (sulfide) groups is 1. The topological polar surface area (TPSA) is 48.3 Å². The molecule has 0 saturated heterocycles. The van der Waals surface area contributed by atoms with Crippen LogP contribution in [-0.2, 0) is 10.6 Å². The Balaban J connectivity index is 2.43. The number of halogens is 3. The van der Waals surface area contributed by atoms with Gasteiger partial charge in [-0.25, -0.2) is 18.0 Å². The second kappa shape index (κ2) is 4.80. The maximum atomic E-state index is 13.9. The maximum absolute atomic E-state index is 13.9. The Morgan fingerprint density at radius 2 is 2.10 bits per heavy atom. The van der Waals surface area contributed by atoms with E-state index in [0.29, 0.717) is 6.07 Å². The lowest BCUT2D eigenvalue weighted by molar-refractivity contribution is 0.0518. The molecule has 0 saturated carbocycles. The number of fused-ring (bicyclic) bond motifs is 3. The summed E-state index contributed by atoms with van der Waals surface area (Å²) in [5.41, 5.74) is -1.47. The van der Waals surface area contributed by atoms with E-state index >= 15 is 0 Å². The quantitative estimate of drug-likeness (QED) is 0.631. The van der Waals surface area contributed by atoms with Gasteiger partial charge in [-0.15, -0.1) is 0 Å². The molecule has 0 aliphatic carbocycles. The van der Waals surface area contributed by atoms with Crippen LogP contribution < -0.4 is 5.43 Å². The fourth-order valence-corrected chi connectivity index (χ4v) is 3.13. The number of nitrogens with zero attached hydrogens (tertiary/aromatic N) is 1. The van der Waals surface area contributed by atoms with E-state index in [9.17, 15) is 22.8 Å². The van der Waals surface area contributed by atoms with Gasteiger partial charge >= 0.3 is 5.97 Å². The molecule has 110 valence electrons. The number of ether oxygens (including phenoxy) is 1. The first kappa shape index (κ1) is 14.0. The Hall–Kier alpha value is -1.96.